The van der Waals surface area contributed by atoms with Crippen molar-refractivity contribution in [2.75, 3.05) is 26.5 Å². The topological polar surface area (TPSA) is 48.1 Å². The molecule has 0 aliphatic carbocycles. The number of nitrogens with one attached hydrogen (secondary N) is 4. The molecule has 0 saturated carbocycles. The number of hydrogen-bond donors (Lipinski definition) is 4. The summed E-state index contributed by atoms with van der Waals surface area (Å²) in [5.74, 6) is 0. The Balaban J connectivity index is 2.50. The summed E-state index contributed by atoms with van der Waals surface area (Å²) in [4.78, 5) is 0. The standard InChI is InChI=1S/C11H18N4/c1-12-10-11(13-2,14-3)8-6-4-5-7-9(8)15-10/h4-7,10,12-15H,1-3H3. The highest BCUT2D eigenvalue weighted by molar-refractivity contribution is 5.61. The number of rotatable bonds is 3. The Labute approximate surface area is 90.4 Å². The molecule has 1 atom stereocenters. The second-order valence-corrected chi connectivity index (χ2v) is 3.72. The van der Waals surface area contributed by atoms with Crippen LogP contribution in [0.25, 0.3) is 0 Å². The van der Waals surface area contributed by atoms with Crippen molar-refractivity contribution in [1.29, 1.82) is 0 Å². The fourth-order valence-electron chi connectivity index (χ4n) is 2.34. The van der Waals surface area contributed by atoms with Gasteiger partial charge in [0, 0.05) is 11.3 Å². The lowest BCUT2D eigenvalue weighted by Gasteiger charge is -2.35. The van der Waals surface area contributed by atoms with Crippen molar-refractivity contribution in [2.24, 2.45) is 0 Å². The van der Waals surface area contributed by atoms with Crippen LogP contribution in [0.3, 0.4) is 0 Å². The Morgan fingerprint density at radius 2 is 1.80 bits per heavy atom. The highest BCUT2D eigenvalue weighted by Gasteiger charge is 2.43. The van der Waals surface area contributed by atoms with E-state index in [0.29, 0.717) is 0 Å². The van der Waals surface area contributed by atoms with Gasteiger partial charge >= 0.3 is 0 Å². The Morgan fingerprint density at radius 3 is 2.40 bits per heavy atom. The van der Waals surface area contributed by atoms with Gasteiger partial charge in [0.15, 0.2) is 0 Å². The first-order valence-corrected chi connectivity index (χ1v) is 5.19. The van der Waals surface area contributed by atoms with E-state index in [0.717, 1.165) is 0 Å². The van der Waals surface area contributed by atoms with Crippen molar-refractivity contribution in [2.45, 2.75) is 11.8 Å². The third-order valence-corrected chi connectivity index (χ3v) is 3.16. The van der Waals surface area contributed by atoms with Crippen molar-refractivity contribution in [3.05, 3.63) is 29.8 Å². The maximum absolute atomic E-state index is 3.44. The lowest BCUT2D eigenvalue weighted by atomic mass is 9.99. The number of likely N-dealkylation sites (N-methyl/N-ethyl adjacent to an activating group) is 3. The van der Waals surface area contributed by atoms with E-state index in [2.05, 4.69) is 39.5 Å². The minimum atomic E-state index is -0.245. The third-order valence-electron chi connectivity index (χ3n) is 3.16. The maximum atomic E-state index is 3.44. The van der Waals surface area contributed by atoms with Gasteiger partial charge < -0.3 is 5.32 Å². The molecule has 0 radical (unpaired) electrons. The van der Waals surface area contributed by atoms with Gasteiger partial charge in [-0.05, 0) is 27.2 Å². The molecule has 1 aromatic carbocycles. The predicted molar refractivity (Wildman–Crippen MR) is 62.7 cm³/mol. The van der Waals surface area contributed by atoms with Crippen molar-refractivity contribution < 1.29 is 0 Å². The van der Waals surface area contributed by atoms with Gasteiger partial charge in [-0.2, -0.15) is 0 Å². The van der Waals surface area contributed by atoms with E-state index in [1.807, 2.05) is 27.2 Å². The van der Waals surface area contributed by atoms with Crippen molar-refractivity contribution in [3.63, 3.8) is 0 Å². The minimum Gasteiger partial charge on any atom is -0.366 e. The van der Waals surface area contributed by atoms with E-state index >= 15 is 0 Å². The summed E-state index contributed by atoms with van der Waals surface area (Å²) >= 11 is 0. The molecular weight excluding hydrogens is 188 g/mol. The van der Waals surface area contributed by atoms with Crippen LogP contribution < -0.4 is 21.3 Å². The first kappa shape index (κ1) is 10.4. The molecule has 2 rings (SSSR count). The fraction of sp³-hybridized carbons (Fsp3) is 0.455. The van der Waals surface area contributed by atoms with E-state index in [4.69, 9.17) is 0 Å². The van der Waals surface area contributed by atoms with Crippen LogP contribution in [-0.2, 0) is 5.66 Å². The SMILES string of the molecule is CNC1Nc2ccccc2C1(NC)NC. The summed E-state index contributed by atoms with van der Waals surface area (Å²) in [6.45, 7) is 0. The Bertz CT molecular complexity index is 346. The molecule has 0 bridgehead atoms. The molecule has 15 heavy (non-hydrogen) atoms. The largest absolute Gasteiger partial charge is 0.366 e. The van der Waals surface area contributed by atoms with Crippen LogP contribution in [0.15, 0.2) is 24.3 Å². The molecule has 4 N–H and O–H groups in total. The molecule has 1 heterocycles. The van der Waals surface area contributed by atoms with Crippen LogP contribution in [0.2, 0.25) is 0 Å². The quantitative estimate of drug-likeness (QED) is 0.535. The first-order chi connectivity index (χ1) is 7.28. The Morgan fingerprint density at radius 1 is 1.13 bits per heavy atom. The van der Waals surface area contributed by atoms with Gasteiger partial charge in [0.25, 0.3) is 0 Å². The van der Waals surface area contributed by atoms with E-state index in [9.17, 15) is 0 Å². The Hall–Kier alpha value is -1.10. The molecule has 0 amide bonds. The van der Waals surface area contributed by atoms with Gasteiger partial charge in [-0.3, -0.25) is 16.0 Å². The van der Waals surface area contributed by atoms with Gasteiger partial charge in [0.1, 0.15) is 11.8 Å². The lowest BCUT2D eigenvalue weighted by molar-refractivity contribution is 0.251. The van der Waals surface area contributed by atoms with Crippen molar-refractivity contribution >= 4 is 5.69 Å². The number of anilines is 1. The third kappa shape index (κ3) is 1.33. The predicted octanol–water partition coefficient (Wildman–Crippen LogP) is 0.249. The van der Waals surface area contributed by atoms with Gasteiger partial charge in [-0.1, -0.05) is 18.2 Å². The average Bonchev–Trinajstić information content (AvgIpc) is 2.63. The summed E-state index contributed by atoms with van der Waals surface area (Å²) in [5.41, 5.74) is 2.17. The summed E-state index contributed by atoms with van der Waals surface area (Å²) in [7, 11) is 5.88. The van der Waals surface area contributed by atoms with Crippen LogP contribution in [0, 0.1) is 0 Å². The highest BCUT2D eigenvalue weighted by Crippen LogP contribution is 2.35. The summed E-state index contributed by atoms with van der Waals surface area (Å²) < 4.78 is 0. The molecule has 4 heteroatoms. The van der Waals surface area contributed by atoms with Crippen LogP contribution in [-0.4, -0.2) is 27.3 Å². The van der Waals surface area contributed by atoms with Crippen molar-refractivity contribution in [3.8, 4) is 0 Å². The molecule has 1 unspecified atom stereocenters. The molecule has 0 saturated heterocycles. The lowest BCUT2D eigenvalue weighted by Crippen LogP contribution is -2.62. The minimum absolute atomic E-state index is 0.143. The summed E-state index contributed by atoms with van der Waals surface area (Å²) in [6, 6.07) is 8.32. The van der Waals surface area contributed by atoms with Crippen LogP contribution in [0.1, 0.15) is 5.56 Å². The number of fused-ring (bicyclic) bond motifs is 1. The molecule has 0 aromatic heterocycles. The van der Waals surface area contributed by atoms with Crippen LogP contribution in [0.5, 0.6) is 0 Å². The molecule has 4 nitrogen and oxygen atoms in total. The highest BCUT2D eigenvalue weighted by atomic mass is 15.3. The molecule has 82 valence electrons. The second kappa shape index (κ2) is 3.81. The maximum Gasteiger partial charge on any atom is 0.131 e. The summed E-state index contributed by atoms with van der Waals surface area (Å²) in [6.07, 6.45) is 0.143. The van der Waals surface area contributed by atoms with Gasteiger partial charge in [0.2, 0.25) is 0 Å². The first-order valence-electron chi connectivity index (χ1n) is 5.19. The van der Waals surface area contributed by atoms with Gasteiger partial charge in [-0.15, -0.1) is 0 Å². The number of para-hydroxylation sites is 1. The molecule has 1 aliphatic rings. The van der Waals surface area contributed by atoms with E-state index in [1.165, 1.54) is 11.3 Å². The van der Waals surface area contributed by atoms with Gasteiger partial charge in [0.05, 0.1) is 0 Å². The zero-order valence-corrected chi connectivity index (χ0v) is 9.39. The monoisotopic (exact) mass is 206 g/mol. The number of hydrogen-bond acceptors (Lipinski definition) is 4. The van der Waals surface area contributed by atoms with Crippen LogP contribution in [0.4, 0.5) is 5.69 Å². The normalized spacial score (nSPS) is 22.2. The molecule has 0 spiro atoms. The molecule has 1 aliphatic heterocycles. The number of benzene rings is 1. The second-order valence-electron chi connectivity index (χ2n) is 3.72. The van der Waals surface area contributed by atoms with Crippen molar-refractivity contribution in [1.82, 2.24) is 16.0 Å². The summed E-state index contributed by atoms with van der Waals surface area (Å²) in [5, 5.41) is 13.4. The fourth-order valence-corrected chi connectivity index (χ4v) is 2.34. The van der Waals surface area contributed by atoms with Gasteiger partial charge in [-0.25, -0.2) is 0 Å². The molecule has 0 fully saturated rings. The molecule has 1 aromatic rings. The zero-order valence-electron chi connectivity index (χ0n) is 9.39. The van der Waals surface area contributed by atoms with E-state index in [1.54, 1.807) is 0 Å². The average molecular weight is 206 g/mol. The smallest absolute Gasteiger partial charge is 0.131 e. The Kier molecular flexibility index (Phi) is 2.65. The van der Waals surface area contributed by atoms with E-state index < -0.39 is 0 Å². The zero-order chi connectivity index (χ0) is 10.9. The molecular formula is C11H18N4. The van der Waals surface area contributed by atoms with E-state index in [-0.39, 0.29) is 11.8 Å². The van der Waals surface area contributed by atoms with Crippen LogP contribution >= 0.6 is 0 Å².